The van der Waals surface area contributed by atoms with E-state index in [2.05, 4.69) is 44.2 Å². The Morgan fingerprint density at radius 1 is 1.27 bits per heavy atom. The monoisotopic (exact) mass is 204 g/mol. The van der Waals surface area contributed by atoms with Gasteiger partial charge in [-0.3, -0.25) is 0 Å². The molecule has 1 aromatic rings. The second-order valence-electron chi connectivity index (χ2n) is 5.06. The molecule has 1 aliphatic rings. The largest absolute Gasteiger partial charge is 0.372 e. The summed E-state index contributed by atoms with van der Waals surface area (Å²) >= 11 is 0. The zero-order valence-electron chi connectivity index (χ0n) is 9.70. The maximum Gasteiger partial charge on any atom is 0.0631 e. The van der Waals surface area contributed by atoms with Crippen LogP contribution in [0.5, 0.6) is 0 Å². The fraction of sp³-hybridized carbons (Fsp3) is 0.571. The lowest BCUT2D eigenvalue weighted by Gasteiger charge is -2.19. The molecule has 1 atom stereocenters. The van der Waals surface area contributed by atoms with Crippen LogP contribution in [0.4, 0.5) is 0 Å². The molecular weight excluding hydrogens is 184 g/mol. The predicted octanol–water partition coefficient (Wildman–Crippen LogP) is 3.58. The van der Waals surface area contributed by atoms with Gasteiger partial charge in [0.1, 0.15) is 0 Å². The van der Waals surface area contributed by atoms with Crippen molar-refractivity contribution in [3.8, 4) is 0 Å². The standard InChI is InChI=1S/C14H20O/c1-14(2)11-10-13(15-14)9-8-12-6-4-3-5-7-12/h3-7,13H,8-11H2,1-2H3. The van der Waals surface area contributed by atoms with E-state index < -0.39 is 0 Å². The Bertz CT molecular complexity index is 302. The lowest BCUT2D eigenvalue weighted by atomic mass is 10.0. The summed E-state index contributed by atoms with van der Waals surface area (Å²) in [4.78, 5) is 0. The fourth-order valence-corrected chi connectivity index (χ4v) is 2.25. The average molecular weight is 204 g/mol. The van der Waals surface area contributed by atoms with Gasteiger partial charge in [-0.15, -0.1) is 0 Å². The molecule has 0 amide bonds. The van der Waals surface area contributed by atoms with Gasteiger partial charge >= 0.3 is 0 Å². The molecule has 82 valence electrons. The number of hydrogen-bond donors (Lipinski definition) is 0. The minimum atomic E-state index is 0.112. The van der Waals surface area contributed by atoms with E-state index in [1.165, 1.54) is 18.4 Å². The highest BCUT2D eigenvalue weighted by molar-refractivity contribution is 5.14. The lowest BCUT2D eigenvalue weighted by molar-refractivity contribution is -0.0180. The summed E-state index contributed by atoms with van der Waals surface area (Å²) in [5.41, 5.74) is 1.53. The van der Waals surface area contributed by atoms with E-state index in [9.17, 15) is 0 Å². The van der Waals surface area contributed by atoms with Crippen LogP contribution in [0.3, 0.4) is 0 Å². The Labute approximate surface area is 92.5 Å². The molecule has 1 heteroatoms. The number of rotatable bonds is 3. The maximum atomic E-state index is 5.97. The molecule has 1 heterocycles. The van der Waals surface area contributed by atoms with Crippen LogP contribution in [-0.2, 0) is 11.2 Å². The molecule has 2 rings (SSSR count). The average Bonchev–Trinajstić information content (AvgIpc) is 2.57. The highest BCUT2D eigenvalue weighted by Gasteiger charge is 2.30. The van der Waals surface area contributed by atoms with Gasteiger partial charge in [-0.05, 0) is 45.1 Å². The molecule has 0 bridgehead atoms. The molecule has 0 spiro atoms. The van der Waals surface area contributed by atoms with Gasteiger partial charge in [0, 0.05) is 0 Å². The molecule has 0 aromatic heterocycles. The first-order chi connectivity index (χ1) is 7.16. The summed E-state index contributed by atoms with van der Waals surface area (Å²) in [6.07, 6.45) is 5.20. The highest BCUT2D eigenvalue weighted by Crippen LogP contribution is 2.31. The predicted molar refractivity (Wildman–Crippen MR) is 62.9 cm³/mol. The molecule has 0 radical (unpaired) electrons. The summed E-state index contributed by atoms with van der Waals surface area (Å²) in [6, 6.07) is 10.7. The van der Waals surface area contributed by atoms with Crippen LogP contribution in [0.2, 0.25) is 0 Å². The lowest BCUT2D eigenvalue weighted by Crippen LogP contribution is -2.20. The van der Waals surface area contributed by atoms with Crippen molar-refractivity contribution in [2.75, 3.05) is 0 Å². The molecule has 0 N–H and O–H groups in total. The van der Waals surface area contributed by atoms with Gasteiger partial charge in [0.05, 0.1) is 11.7 Å². The quantitative estimate of drug-likeness (QED) is 0.731. The molecule has 1 saturated heterocycles. The van der Waals surface area contributed by atoms with Crippen LogP contribution in [-0.4, -0.2) is 11.7 Å². The van der Waals surface area contributed by atoms with Crippen molar-refractivity contribution in [2.24, 2.45) is 0 Å². The second kappa shape index (κ2) is 4.36. The second-order valence-corrected chi connectivity index (χ2v) is 5.06. The van der Waals surface area contributed by atoms with Gasteiger partial charge in [-0.25, -0.2) is 0 Å². The van der Waals surface area contributed by atoms with Crippen LogP contribution < -0.4 is 0 Å². The van der Waals surface area contributed by atoms with Crippen molar-refractivity contribution >= 4 is 0 Å². The number of hydrogen-bond acceptors (Lipinski definition) is 1. The first-order valence-corrected chi connectivity index (χ1v) is 5.87. The third-order valence-corrected chi connectivity index (χ3v) is 3.15. The summed E-state index contributed by atoms with van der Waals surface area (Å²) in [5.74, 6) is 0. The summed E-state index contributed by atoms with van der Waals surface area (Å²) < 4.78 is 5.97. The molecule has 1 aromatic carbocycles. The van der Waals surface area contributed by atoms with Crippen LogP contribution in [0.25, 0.3) is 0 Å². The van der Waals surface area contributed by atoms with Crippen molar-refractivity contribution in [2.45, 2.75) is 51.2 Å². The van der Waals surface area contributed by atoms with E-state index in [0.717, 1.165) is 12.8 Å². The zero-order chi connectivity index (χ0) is 10.7. The van der Waals surface area contributed by atoms with E-state index in [-0.39, 0.29) is 5.60 Å². The third kappa shape index (κ3) is 3.07. The normalized spacial score (nSPS) is 24.3. The van der Waals surface area contributed by atoms with Gasteiger partial charge in [0.25, 0.3) is 0 Å². The van der Waals surface area contributed by atoms with E-state index in [0.29, 0.717) is 6.10 Å². The van der Waals surface area contributed by atoms with Crippen molar-refractivity contribution in [1.29, 1.82) is 0 Å². The van der Waals surface area contributed by atoms with E-state index >= 15 is 0 Å². The van der Waals surface area contributed by atoms with E-state index in [1.807, 2.05) is 0 Å². The Balaban J connectivity index is 1.80. The first kappa shape index (κ1) is 10.7. The molecule has 0 aliphatic carbocycles. The minimum Gasteiger partial charge on any atom is -0.372 e. The number of benzene rings is 1. The zero-order valence-corrected chi connectivity index (χ0v) is 9.70. The Hall–Kier alpha value is -0.820. The van der Waals surface area contributed by atoms with E-state index in [1.54, 1.807) is 0 Å². The van der Waals surface area contributed by atoms with Crippen LogP contribution >= 0.6 is 0 Å². The topological polar surface area (TPSA) is 9.23 Å². The van der Waals surface area contributed by atoms with Crippen LogP contribution in [0.15, 0.2) is 30.3 Å². The maximum absolute atomic E-state index is 5.97. The van der Waals surface area contributed by atoms with Gasteiger partial charge in [0.15, 0.2) is 0 Å². The molecule has 15 heavy (non-hydrogen) atoms. The van der Waals surface area contributed by atoms with E-state index in [4.69, 9.17) is 4.74 Å². The van der Waals surface area contributed by atoms with Crippen molar-refractivity contribution in [1.82, 2.24) is 0 Å². The summed E-state index contributed by atoms with van der Waals surface area (Å²) in [7, 11) is 0. The molecule has 1 aliphatic heterocycles. The molecule has 0 saturated carbocycles. The van der Waals surface area contributed by atoms with Gasteiger partial charge in [-0.1, -0.05) is 30.3 Å². The summed E-state index contributed by atoms with van der Waals surface area (Å²) in [6.45, 7) is 4.38. The fourth-order valence-electron chi connectivity index (χ4n) is 2.25. The summed E-state index contributed by atoms with van der Waals surface area (Å²) in [5, 5.41) is 0. The molecule has 1 unspecified atom stereocenters. The van der Waals surface area contributed by atoms with Crippen molar-refractivity contribution in [3.05, 3.63) is 35.9 Å². The Morgan fingerprint density at radius 3 is 2.60 bits per heavy atom. The number of ether oxygens (including phenoxy) is 1. The highest BCUT2D eigenvalue weighted by atomic mass is 16.5. The van der Waals surface area contributed by atoms with Crippen LogP contribution in [0, 0.1) is 0 Å². The minimum absolute atomic E-state index is 0.112. The van der Waals surface area contributed by atoms with Gasteiger partial charge in [0.2, 0.25) is 0 Å². The Kier molecular flexibility index (Phi) is 3.11. The Morgan fingerprint density at radius 2 is 2.00 bits per heavy atom. The third-order valence-electron chi connectivity index (χ3n) is 3.15. The first-order valence-electron chi connectivity index (χ1n) is 5.87. The van der Waals surface area contributed by atoms with Gasteiger partial charge in [-0.2, -0.15) is 0 Å². The molecule has 1 nitrogen and oxygen atoms in total. The van der Waals surface area contributed by atoms with Crippen molar-refractivity contribution < 1.29 is 4.74 Å². The van der Waals surface area contributed by atoms with Gasteiger partial charge < -0.3 is 4.74 Å². The van der Waals surface area contributed by atoms with Crippen LogP contribution in [0.1, 0.15) is 38.7 Å². The molecular formula is C14H20O. The SMILES string of the molecule is CC1(C)CCC(CCc2ccccc2)O1. The number of aryl methyl sites for hydroxylation is 1. The molecule has 1 fully saturated rings. The van der Waals surface area contributed by atoms with Crippen molar-refractivity contribution in [3.63, 3.8) is 0 Å². The smallest absolute Gasteiger partial charge is 0.0631 e.